The molecule has 1 unspecified atom stereocenters. The molecule has 1 atom stereocenters. The van der Waals surface area contributed by atoms with Gasteiger partial charge in [-0.1, -0.05) is 51.5 Å². The first-order chi connectivity index (χ1) is 15.2. The molecular formula is C24H40N4O3S. The molecule has 0 bridgehead atoms. The van der Waals surface area contributed by atoms with Crippen LogP contribution in [0, 0.1) is 5.92 Å². The van der Waals surface area contributed by atoms with E-state index in [1.807, 2.05) is 12.1 Å². The van der Waals surface area contributed by atoms with E-state index < -0.39 is 15.7 Å². The highest BCUT2D eigenvalue weighted by Gasteiger charge is 2.42. The maximum absolute atomic E-state index is 12.4. The fraction of sp³-hybridized carbons (Fsp3) is 0.708. The van der Waals surface area contributed by atoms with Gasteiger partial charge < -0.3 is 15.5 Å². The Morgan fingerprint density at radius 2 is 2.00 bits per heavy atom. The van der Waals surface area contributed by atoms with Gasteiger partial charge in [-0.2, -0.15) is 4.72 Å². The molecule has 3 N–H and O–H groups in total. The minimum Gasteiger partial charge on any atom is -0.350 e. The van der Waals surface area contributed by atoms with E-state index in [9.17, 15) is 13.2 Å². The SMILES string of the molecule is CCCCC1(NS(C)(=O)=O)CNCCN1c1cccc(NC(C)=O)c1CC1CCCCC1. The van der Waals surface area contributed by atoms with Crippen LogP contribution in [0.4, 0.5) is 11.4 Å². The molecule has 1 aliphatic carbocycles. The molecule has 7 nitrogen and oxygen atoms in total. The zero-order valence-electron chi connectivity index (χ0n) is 19.9. The van der Waals surface area contributed by atoms with Crippen molar-refractivity contribution in [3.05, 3.63) is 23.8 Å². The Morgan fingerprint density at radius 1 is 1.25 bits per heavy atom. The van der Waals surface area contributed by atoms with E-state index in [0.717, 1.165) is 49.2 Å². The number of amides is 1. The van der Waals surface area contributed by atoms with Gasteiger partial charge in [-0.25, -0.2) is 8.42 Å². The van der Waals surface area contributed by atoms with Gasteiger partial charge in [0.1, 0.15) is 5.66 Å². The van der Waals surface area contributed by atoms with Crippen LogP contribution >= 0.6 is 0 Å². The second kappa shape index (κ2) is 11.0. The van der Waals surface area contributed by atoms with E-state index in [2.05, 4.69) is 33.2 Å². The van der Waals surface area contributed by atoms with Gasteiger partial charge in [-0.3, -0.25) is 4.79 Å². The predicted molar refractivity (Wildman–Crippen MR) is 131 cm³/mol. The smallest absolute Gasteiger partial charge is 0.221 e. The molecule has 1 heterocycles. The minimum atomic E-state index is -3.42. The third-order valence-corrected chi connectivity index (χ3v) is 7.49. The molecule has 32 heavy (non-hydrogen) atoms. The van der Waals surface area contributed by atoms with Gasteiger partial charge in [0.2, 0.25) is 15.9 Å². The van der Waals surface area contributed by atoms with Crippen LogP contribution in [-0.4, -0.2) is 45.9 Å². The average Bonchev–Trinajstić information content (AvgIpc) is 2.73. The average molecular weight is 465 g/mol. The van der Waals surface area contributed by atoms with Crippen LogP contribution in [0.25, 0.3) is 0 Å². The summed E-state index contributed by atoms with van der Waals surface area (Å²) in [5, 5.41) is 6.46. The number of rotatable bonds is 9. The number of nitrogens with zero attached hydrogens (tertiary/aromatic N) is 1. The molecule has 1 aromatic carbocycles. The number of benzene rings is 1. The number of carbonyl (C=O) groups excluding carboxylic acids is 1. The van der Waals surface area contributed by atoms with Crippen molar-refractivity contribution in [2.75, 3.05) is 36.1 Å². The van der Waals surface area contributed by atoms with E-state index in [4.69, 9.17) is 0 Å². The van der Waals surface area contributed by atoms with E-state index in [1.54, 1.807) is 6.92 Å². The summed E-state index contributed by atoms with van der Waals surface area (Å²) in [6, 6.07) is 6.04. The second-order valence-electron chi connectivity index (χ2n) is 9.53. The van der Waals surface area contributed by atoms with Gasteiger partial charge >= 0.3 is 0 Å². The summed E-state index contributed by atoms with van der Waals surface area (Å²) < 4.78 is 27.9. The van der Waals surface area contributed by atoms with Crippen LogP contribution in [0.3, 0.4) is 0 Å². The summed E-state index contributed by atoms with van der Waals surface area (Å²) in [5.41, 5.74) is 2.30. The number of carbonyl (C=O) groups is 1. The lowest BCUT2D eigenvalue weighted by Crippen LogP contribution is -2.70. The molecule has 8 heteroatoms. The lowest BCUT2D eigenvalue weighted by atomic mass is 9.83. The Labute approximate surface area is 193 Å². The Bertz CT molecular complexity index is 883. The Balaban J connectivity index is 2.07. The largest absolute Gasteiger partial charge is 0.350 e. The summed E-state index contributed by atoms with van der Waals surface area (Å²) in [7, 11) is -3.42. The molecule has 1 amide bonds. The van der Waals surface area contributed by atoms with Crippen molar-refractivity contribution < 1.29 is 13.2 Å². The van der Waals surface area contributed by atoms with Crippen LogP contribution in [0.5, 0.6) is 0 Å². The molecular weight excluding hydrogens is 424 g/mol. The van der Waals surface area contributed by atoms with Gasteiger partial charge in [-0.15, -0.1) is 0 Å². The number of hydrogen-bond acceptors (Lipinski definition) is 5. The van der Waals surface area contributed by atoms with E-state index >= 15 is 0 Å². The lowest BCUT2D eigenvalue weighted by molar-refractivity contribution is -0.114. The van der Waals surface area contributed by atoms with Crippen molar-refractivity contribution in [2.45, 2.75) is 77.3 Å². The highest BCUT2D eigenvalue weighted by molar-refractivity contribution is 7.88. The number of sulfonamides is 1. The van der Waals surface area contributed by atoms with Crippen LogP contribution in [0.2, 0.25) is 0 Å². The number of nitrogens with one attached hydrogen (secondary N) is 3. The molecule has 1 aliphatic heterocycles. The van der Waals surface area contributed by atoms with Gasteiger partial charge in [0.25, 0.3) is 0 Å². The third-order valence-electron chi connectivity index (χ3n) is 6.74. The van der Waals surface area contributed by atoms with E-state index in [-0.39, 0.29) is 5.91 Å². The highest BCUT2D eigenvalue weighted by atomic mass is 32.2. The van der Waals surface area contributed by atoms with Gasteiger partial charge in [0.05, 0.1) is 6.26 Å². The molecule has 1 saturated heterocycles. The molecule has 0 radical (unpaired) electrons. The summed E-state index contributed by atoms with van der Waals surface area (Å²) in [5.74, 6) is 0.507. The van der Waals surface area contributed by atoms with Crippen molar-refractivity contribution in [3.63, 3.8) is 0 Å². The van der Waals surface area contributed by atoms with Crippen molar-refractivity contribution >= 4 is 27.3 Å². The lowest BCUT2D eigenvalue weighted by Gasteiger charge is -2.49. The molecule has 3 rings (SSSR count). The Kier molecular flexibility index (Phi) is 8.58. The predicted octanol–water partition coefficient (Wildman–Crippen LogP) is 3.61. The number of piperazine rings is 1. The van der Waals surface area contributed by atoms with Crippen LogP contribution in [0.15, 0.2) is 18.2 Å². The first-order valence-corrected chi connectivity index (χ1v) is 14.0. The second-order valence-corrected chi connectivity index (χ2v) is 11.3. The third kappa shape index (κ3) is 6.45. The monoisotopic (exact) mass is 464 g/mol. The van der Waals surface area contributed by atoms with Crippen LogP contribution in [-0.2, 0) is 21.2 Å². The van der Waals surface area contributed by atoms with Crippen LogP contribution in [0.1, 0.15) is 70.8 Å². The quantitative estimate of drug-likeness (QED) is 0.519. The first kappa shape index (κ1) is 25.0. The first-order valence-electron chi connectivity index (χ1n) is 12.1. The van der Waals surface area contributed by atoms with Crippen molar-refractivity contribution in [1.29, 1.82) is 0 Å². The molecule has 180 valence electrons. The zero-order chi connectivity index (χ0) is 23.2. The zero-order valence-corrected chi connectivity index (χ0v) is 20.7. The minimum absolute atomic E-state index is 0.0844. The molecule has 1 saturated carbocycles. The molecule has 0 spiro atoms. The Morgan fingerprint density at radius 3 is 2.66 bits per heavy atom. The van der Waals surface area contributed by atoms with Crippen molar-refractivity contribution in [1.82, 2.24) is 10.0 Å². The normalized spacial score (nSPS) is 22.7. The van der Waals surface area contributed by atoms with Gasteiger partial charge in [-0.05, 0) is 42.9 Å². The maximum Gasteiger partial charge on any atom is 0.221 e. The Hall–Kier alpha value is -1.64. The molecule has 2 fully saturated rings. The van der Waals surface area contributed by atoms with Crippen molar-refractivity contribution in [2.24, 2.45) is 5.92 Å². The highest BCUT2D eigenvalue weighted by Crippen LogP contribution is 2.38. The standard InChI is InChI=1S/C24H40N4O3S/c1-4-5-14-24(27-32(3,30)31)18-25-15-16-28(24)23-13-9-12-22(26-19(2)29)21(23)17-20-10-7-6-8-11-20/h9,12-13,20,25,27H,4-8,10-11,14-18H2,1-3H3,(H,26,29). The van der Waals surface area contributed by atoms with Crippen molar-refractivity contribution in [3.8, 4) is 0 Å². The summed E-state index contributed by atoms with van der Waals surface area (Å²) in [4.78, 5) is 14.2. The summed E-state index contributed by atoms with van der Waals surface area (Å²) >= 11 is 0. The van der Waals surface area contributed by atoms with E-state index in [1.165, 1.54) is 38.4 Å². The van der Waals surface area contributed by atoms with E-state index in [0.29, 0.717) is 19.0 Å². The summed E-state index contributed by atoms with van der Waals surface area (Å²) in [6.07, 6.45) is 11.0. The molecule has 0 aromatic heterocycles. The molecule has 2 aliphatic rings. The van der Waals surface area contributed by atoms with Crippen LogP contribution < -0.4 is 20.3 Å². The fourth-order valence-corrected chi connectivity index (χ4v) is 6.33. The summed E-state index contributed by atoms with van der Waals surface area (Å²) in [6.45, 7) is 5.70. The number of hydrogen-bond donors (Lipinski definition) is 3. The molecule has 1 aromatic rings. The fourth-order valence-electron chi connectivity index (χ4n) is 5.36. The van der Waals surface area contributed by atoms with Gasteiger partial charge in [0, 0.05) is 37.9 Å². The number of anilines is 2. The number of unbranched alkanes of at least 4 members (excludes halogenated alkanes) is 1. The topological polar surface area (TPSA) is 90.5 Å². The maximum atomic E-state index is 12.4. The van der Waals surface area contributed by atoms with Gasteiger partial charge in [0.15, 0.2) is 0 Å².